The summed E-state index contributed by atoms with van der Waals surface area (Å²) in [6, 6.07) is 0. The van der Waals surface area contributed by atoms with Gasteiger partial charge in [0, 0.05) is 19.2 Å². The molecule has 7 heteroatoms. The largest absolute Gasteiger partial charge is 0.373 e. The lowest BCUT2D eigenvalue weighted by Gasteiger charge is -2.12. The van der Waals surface area contributed by atoms with Crippen molar-refractivity contribution >= 4 is 11.6 Å². The van der Waals surface area contributed by atoms with Crippen LogP contribution in [0.1, 0.15) is 24.1 Å². The van der Waals surface area contributed by atoms with Crippen LogP contribution in [0.15, 0.2) is 6.33 Å². The smallest absolute Gasteiger partial charge is 0.152 e. The van der Waals surface area contributed by atoms with Gasteiger partial charge in [0.15, 0.2) is 5.82 Å². The van der Waals surface area contributed by atoms with E-state index < -0.39 is 0 Å². The van der Waals surface area contributed by atoms with E-state index in [0.717, 1.165) is 35.4 Å². The Bertz CT molecular complexity index is 561. The first-order valence-corrected chi connectivity index (χ1v) is 6.29. The maximum absolute atomic E-state index is 4.42. The van der Waals surface area contributed by atoms with Crippen molar-refractivity contribution in [1.82, 2.24) is 24.7 Å². The van der Waals surface area contributed by atoms with Gasteiger partial charge in [-0.1, -0.05) is 0 Å². The van der Waals surface area contributed by atoms with Gasteiger partial charge in [-0.15, -0.1) is 10.2 Å². The first kappa shape index (κ1) is 13.3. The number of hydrogen-bond donors (Lipinski definition) is 2. The molecule has 2 aromatic rings. The molecule has 0 fully saturated rings. The summed E-state index contributed by atoms with van der Waals surface area (Å²) in [5.41, 5.74) is 0.996. The molecule has 0 saturated carbocycles. The summed E-state index contributed by atoms with van der Waals surface area (Å²) in [5.74, 6) is 3.29. The number of rotatable bonds is 5. The van der Waals surface area contributed by atoms with Crippen LogP contribution >= 0.6 is 0 Å². The fraction of sp³-hybridized carbons (Fsp3) is 0.500. The van der Waals surface area contributed by atoms with Crippen LogP contribution < -0.4 is 10.6 Å². The number of hydrogen-bond acceptors (Lipinski definition) is 6. The molecule has 7 nitrogen and oxygen atoms in total. The highest BCUT2D eigenvalue weighted by molar-refractivity contribution is 5.56. The van der Waals surface area contributed by atoms with Crippen molar-refractivity contribution in [3.05, 3.63) is 23.5 Å². The molecule has 0 radical (unpaired) electrons. The number of anilines is 2. The molecule has 0 aliphatic heterocycles. The predicted molar refractivity (Wildman–Crippen MR) is 74.1 cm³/mol. The summed E-state index contributed by atoms with van der Waals surface area (Å²) in [7, 11) is 1.85. The van der Waals surface area contributed by atoms with E-state index in [-0.39, 0.29) is 0 Å². The zero-order valence-electron chi connectivity index (χ0n) is 11.7. The highest BCUT2D eigenvalue weighted by atomic mass is 15.3. The molecule has 19 heavy (non-hydrogen) atoms. The van der Waals surface area contributed by atoms with E-state index in [1.807, 2.05) is 25.5 Å². The van der Waals surface area contributed by atoms with Crippen LogP contribution in [0.4, 0.5) is 11.6 Å². The van der Waals surface area contributed by atoms with Crippen LogP contribution in [0.25, 0.3) is 0 Å². The van der Waals surface area contributed by atoms with Crippen molar-refractivity contribution in [1.29, 1.82) is 0 Å². The standard InChI is InChI=1S/C12H19N7/c1-5-19-7-15-18-10(19)6-14-12-8(2)11(13-4)16-9(3)17-12/h7H,5-6H2,1-4H3,(H2,13,14,16,17). The second-order valence-corrected chi connectivity index (χ2v) is 4.23. The van der Waals surface area contributed by atoms with Gasteiger partial charge in [-0.3, -0.25) is 0 Å². The first-order chi connectivity index (χ1) is 9.15. The lowest BCUT2D eigenvalue weighted by molar-refractivity contribution is 0.707. The van der Waals surface area contributed by atoms with Crippen LogP contribution in [0, 0.1) is 13.8 Å². The molecule has 0 spiro atoms. The van der Waals surface area contributed by atoms with Gasteiger partial charge < -0.3 is 15.2 Å². The monoisotopic (exact) mass is 261 g/mol. The van der Waals surface area contributed by atoms with Crippen LogP contribution in [-0.4, -0.2) is 31.8 Å². The molecule has 0 aliphatic rings. The molecular formula is C12H19N7. The van der Waals surface area contributed by atoms with Crippen LogP contribution in [-0.2, 0) is 13.1 Å². The second kappa shape index (κ2) is 5.64. The van der Waals surface area contributed by atoms with Crippen molar-refractivity contribution < 1.29 is 0 Å². The summed E-state index contributed by atoms with van der Waals surface area (Å²) >= 11 is 0. The Balaban J connectivity index is 2.18. The van der Waals surface area contributed by atoms with Crippen LogP contribution in [0.3, 0.4) is 0 Å². The van der Waals surface area contributed by atoms with E-state index in [0.29, 0.717) is 6.54 Å². The first-order valence-electron chi connectivity index (χ1n) is 6.29. The highest BCUT2D eigenvalue weighted by Gasteiger charge is 2.09. The lowest BCUT2D eigenvalue weighted by atomic mass is 10.3. The Kier molecular flexibility index (Phi) is 3.94. The fourth-order valence-corrected chi connectivity index (χ4v) is 1.89. The van der Waals surface area contributed by atoms with Gasteiger partial charge in [-0.2, -0.15) is 0 Å². The van der Waals surface area contributed by atoms with Crippen LogP contribution in [0.2, 0.25) is 0 Å². The van der Waals surface area contributed by atoms with Crippen molar-refractivity contribution in [3.63, 3.8) is 0 Å². The fourth-order valence-electron chi connectivity index (χ4n) is 1.89. The van der Waals surface area contributed by atoms with E-state index in [2.05, 4.69) is 37.7 Å². The number of nitrogens with one attached hydrogen (secondary N) is 2. The molecule has 0 aromatic carbocycles. The van der Waals surface area contributed by atoms with Crippen molar-refractivity contribution in [2.75, 3.05) is 17.7 Å². The van der Waals surface area contributed by atoms with Gasteiger partial charge in [0.1, 0.15) is 23.8 Å². The van der Waals surface area contributed by atoms with E-state index >= 15 is 0 Å². The molecule has 0 bridgehead atoms. The summed E-state index contributed by atoms with van der Waals surface area (Å²) in [6.45, 7) is 7.37. The Morgan fingerprint density at radius 3 is 2.63 bits per heavy atom. The van der Waals surface area contributed by atoms with Crippen LogP contribution in [0.5, 0.6) is 0 Å². The number of aryl methyl sites for hydroxylation is 2. The Morgan fingerprint density at radius 1 is 1.21 bits per heavy atom. The minimum Gasteiger partial charge on any atom is -0.373 e. The molecule has 2 N–H and O–H groups in total. The normalized spacial score (nSPS) is 10.5. The zero-order valence-corrected chi connectivity index (χ0v) is 11.7. The number of aromatic nitrogens is 5. The third-order valence-electron chi connectivity index (χ3n) is 2.94. The summed E-state index contributed by atoms with van der Waals surface area (Å²) in [4.78, 5) is 8.75. The van der Waals surface area contributed by atoms with E-state index in [1.54, 1.807) is 6.33 Å². The average molecular weight is 261 g/mol. The predicted octanol–water partition coefficient (Wildman–Crippen LogP) is 1.36. The minimum absolute atomic E-state index is 0.592. The SMILES string of the molecule is CCn1cnnc1CNc1nc(C)nc(NC)c1C. The maximum Gasteiger partial charge on any atom is 0.152 e. The van der Waals surface area contributed by atoms with E-state index in [4.69, 9.17) is 0 Å². The van der Waals surface area contributed by atoms with Gasteiger partial charge >= 0.3 is 0 Å². The number of nitrogens with zero attached hydrogens (tertiary/aromatic N) is 5. The van der Waals surface area contributed by atoms with E-state index in [1.165, 1.54) is 0 Å². The van der Waals surface area contributed by atoms with Crippen molar-refractivity contribution in [3.8, 4) is 0 Å². The van der Waals surface area contributed by atoms with Gasteiger partial charge in [-0.05, 0) is 20.8 Å². The minimum atomic E-state index is 0.592. The third kappa shape index (κ3) is 2.81. The van der Waals surface area contributed by atoms with Gasteiger partial charge in [0.05, 0.1) is 6.54 Å². The van der Waals surface area contributed by atoms with Gasteiger partial charge in [0.2, 0.25) is 0 Å². The maximum atomic E-state index is 4.42. The molecular weight excluding hydrogens is 242 g/mol. The highest BCUT2D eigenvalue weighted by Crippen LogP contribution is 2.19. The summed E-state index contributed by atoms with van der Waals surface area (Å²) < 4.78 is 2.00. The molecule has 0 amide bonds. The molecule has 0 saturated heterocycles. The molecule has 0 unspecified atom stereocenters. The topological polar surface area (TPSA) is 80.6 Å². The Labute approximate surface area is 112 Å². The molecule has 0 aliphatic carbocycles. The van der Waals surface area contributed by atoms with Gasteiger partial charge in [-0.25, -0.2) is 9.97 Å². The summed E-state index contributed by atoms with van der Waals surface area (Å²) in [5, 5.41) is 14.4. The molecule has 2 rings (SSSR count). The molecule has 2 heterocycles. The molecule has 102 valence electrons. The Morgan fingerprint density at radius 2 is 1.95 bits per heavy atom. The lowest BCUT2D eigenvalue weighted by Crippen LogP contribution is -2.11. The van der Waals surface area contributed by atoms with Crippen molar-refractivity contribution in [2.24, 2.45) is 0 Å². The average Bonchev–Trinajstić information content (AvgIpc) is 2.86. The van der Waals surface area contributed by atoms with E-state index in [9.17, 15) is 0 Å². The third-order valence-corrected chi connectivity index (χ3v) is 2.94. The second-order valence-electron chi connectivity index (χ2n) is 4.23. The molecule has 0 atom stereocenters. The quantitative estimate of drug-likeness (QED) is 0.846. The Hall–Kier alpha value is -2.18. The zero-order chi connectivity index (χ0) is 13.8. The van der Waals surface area contributed by atoms with Crippen molar-refractivity contribution in [2.45, 2.75) is 33.9 Å². The van der Waals surface area contributed by atoms with Gasteiger partial charge in [0.25, 0.3) is 0 Å². The summed E-state index contributed by atoms with van der Waals surface area (Å²) in [6.07, 6.45) is 1.73. The molecule has 2 aromatic heterocycles.